The minimum absolute atomic E-state index is 0.00688. The van der Waals surface area contributed by atoms with Crippen molar-refractivity contribution in [3.05, 3.63) is 249 Å². The molecule has 0 aromatic heterocycles. The fourth-order valence-electron chi connectivity index (χ4n) is 12.6. The number of allylic oxidation sites excluding steroid dienone is 7. The van der Waals surface area contributed by atoms with Crippen LogP contribution >= 0.6 is 27.0 Å². The van der Waals surface area contributed by atoms with E-state index in [0.29, 0.717) is 66.8 Å². The van der Waals surface area contributed by atoms with Gasteiger partial charge in [0.25, 0.3) is 20.2 Å². The van der Waals surface area contributed by atoms with Gasteiger partial charge in [0, 0.05) is 77.6 Å². The van der Waals surface area contributed by atoms with Crippen molar-refractivity contribution in [2.24, 2.45) is 0 Å². The van der Waals surface area contributed by atoms with Crippen LogP contribution in [0.15, 0.2) is 216 Å². The topological polar surface area (TPSA) is 253 Å². The maximum absolute atomic E-state index is 15.7. The fourth-order valence-corrected chi connectivity index (χ4v) is 20.1. The number of hydrogen-bond acceptors (Lipinski definition) is 15. The van der Waals surface area contributed by atoms with Crippen molar-refractivity contribution in [2.75, 3.05) is 61.6 Å². The molecule has 2 amide bonds. The summed E-state index contributed by atoms with van der Waals surface area (Å²) in [4.78, 5) is 31.2. The zero-order valence-corrected chi connectivity index (χ0v) is 61.6. The average Bonchev–Trinajstić information content (AvgIpc) is 1.59. The molecule has 0 saturated carbocycles. The van der Waals surface area contributed by atoms with Crippen molar-refractivity contribution in [1.82, 2.24) is 10.6 Å². The number of nitrogens with one attached hydrogen (secondary N) is 2. The van der Waals surface area contributed by atoms with Gasteiger partial charge in [0.1, 0.15) is 6.54 Å². The lowest BCUT2D eigenvalue weighted by molar-refractivity contribution is -0.438. The molecule has 4 N–H and O–H groups in total. The molecule has 2 heterocycles. The molecule has 0 unspecified atom stereocenters. The van der Waals surface area contributed by atoms with E-state index in [2.05, 4.69) is 96.4 Å². The number of benzene rings is 6. The van der Waals surface area contributed by atoms with Crippen LogP contribution in [-0.2, 0) is 99.0 Å². The normalized spacial score (nSPS) is 16.2. The maximum Gasteiger partial charge on any atom is 0.347 e. The molecule has 6 aromatic carbocycles. The van der Waals surface area contributed by atoms with Crippen LogP contribution in [0.1, 0.15) is 119 Å². The Balaban J connectivity index is 0.880. The van der Waals surface area contributed by atoms with Gasteiger partial charge in [-0.2, -0.15) is 21.4 Å². The summed E-state index contributed by atoms with van der Waals surface area (Å²) in [7, 11) is -17.5. The minimum atomic E-state index is -4.63. The first-order chi connectivity index (χ1) is 47.9. The number of carbonyl (C=O) groups excluding carboxylic acids is 2. The van der Waals surface area contributed by atoms with Crippen LogP contribution in [0.2, 0.25) is 0 Å². The summed E-state index contributed by atoms with van der Waals surface area (Å²) in [6.45, 7) is 9.39. The fraction of sp³-hybridized carbons (Fsp3) is 0.382. The van der Waals surface area contributed by atoms with E-state index in [0.717, 1.165) is 69.2 Å². The Morgan fingerprint density at radius 2 is 1.07 bits per heavy atom. The zero-order chi connectivity index (χ0) is 71.2. The number of unbranched alkanes of at least 4 members (excludes halogenated alkanes) is 2. The standard InChI is InChI=1S/C76H92N4O15P2S3/c1-75(2)65-36-17-19-38-67(65)79(47-21-23-52-99(85,86)87)69(75)42-40-63-34-25-35-64(41-43-70-76(3,4)66-37-18-20-39-68(66)80(70)48-22-24-53-100(88,89)90)74(63)98-51-44-71(81)77-45-49-91-50-46-78-72(82)54-73(96(83,92-55-59-26-9-5-10-27-59)93-56-60-28-11-6-12-29-60)97(84,94-57-61-30-13-7-14-31-61)95-58-62-32-15-8-16-33-62/h5-20,26-33,36-43,73H,21-25,34-35,44-58H2,1-4H3,(H3-,77,78,81,82,85,86,87,88,89,90)/p+1. The number of para-hydroxylation sites is 2. The first kappa shape index (κ1) is 77.3. The molecule has 0 saturated heterocycles. The van der Waals surface area contributed by atoms with Gasteiger partial charge in [0.2, 0.25) is 17.5 Å². The molecule has 3 aliphatic rings. The molecular formula is C76H93N4O15P2S3+. The molecule has 100 heavy (non-hydrogen) atoms. The monoisotopic (exact) mass is 1460 g/mol. The SMILES string of the molecule is CC1(C)C(=CC=C2CCCC(C=CC3=[N+](CCCCS(=O)(=O)O)c4ccccc4C3(C)C)=C2SCCC(=O)NCCOCCNC(=O)CC(P(=O)(OCc2ccccc2)OCc2ccccc2)P(=O)(OCc2ccccc2)OCc2ccccc2)N(CCCCS(=O)(=O)O)c2ccccc21. The van der Waals surface area contributed by atoms with E-state index in [1.165, 1.54) is 0 Å². The number of fused-ring (bicyclic) bond motifs is 2. The van der Waals surface area contributed by atoms with E-state index in [1.54, 1.807) is 60.3 Å². The van der Waals surface area contributed by atoms with E-state index in [4.69, 9.17) is 22.8 Å². The summed E-state index contributed by atoms with van der Waals surface area (Å²) in [5.74, 6) is -1.00. The van der Waals surface area contributed by atoms with Gasteiger partial charge in [-0.1, -0.05) is 184 Å². The summed E-state index contributed by atoms with van der Waals surface area (Å²) in [5.41, 5.74) is 10.6. The number of hydrogen-bond donors (Lipinski definition) is 4. The molecule has 6 aromatic rings. The van der Waals surface area contributed by atoms with Crippen molar-refractivity contribution >= 4 is 76.1 Å². The van der Waals surface area contributed by atoms with E-state index in [1.807, 2.05) is 97.1 Å². The lowest BCUT2D eigenvalue weighted by atomic mass is 9.81. The quantitative estimate of drug-likeness (QED) is 0.0121. The molecule has 0 fully saturated rings. The second kappa shape index (κ2) is 36.3. The first-order valence-electron chi connectivity index (χ1n) is 33.9. The smallest absolute Gasteiger partial charge is 0.347 e. The highest BCUT2D eigenvalue weighted by molar-refractivity contribution is 8.03. The van der Waals surface area contributed by atoms with Gasteiger partial charge in [0.15, 0.2) is 11.1 Å². The molecule has 2 aliphatic heterocycles. The largest absolute Gasteiger partial charge is 0.378 e. The Morgan fingerprint density at radius 3 is 1.60 bits per heavy atom. The summed E-state index contributed by atoms with van der Waals surface area (Å²) >= 11 is 1.62. The molecule has 0 bridgehead atoms. The second-order valence-electron chi connectivity index (χ2n) is 26.0. The first-order valence-corrected chi connectivity index (χ1v) is 41.4. The van der Waals surface area contributed by atoms with Gasteiger partial charge in [-0.3, -0.25) is 27.8 Å². The summed E-state index contributed by atoms with van der Waals surface area (Å²) in [6, 6.07) is 52.6. The molecule has 0 atom stereocenters. The number of rotatable bonds is 39. The molecule has 19 nitrogen and oxygen atoms in total. The number of thioether (sulfide) groups is 1. The molecule has 9 rings (SSSR count). The maximum atomic E-state index is 15.7. The highest BCUT2D eigenvalue weighted by Gasteiger charge is 2.53. The lowest BCUT2D eigenvalue weighted by Crippen LogP contribution is -2.32. The van der Waals surface area contributed by atoms with Crippen molar-refractivity contribution in [1.29, 1.82) is 0 Å². The van der Waals surface area contributed by atoms with Crippen LogP contribution in [0, 0.1) is 0 Å². The van der Waals surface area contributed by atoms with Crippen LogP contribution in [0.5, 0.6) is 0 Å². The third kappa shape index (κ3) is 22.1. The molecule has 1 aliphatic carbocycles. The summed E-state index contributed by atoms with van der Waals surface area (Å²) in [5, 5.41) is 4.07. The van der Waals surface area contributed by atoms with Crippen molar-refractivity contribution in [3.63, 3.8) is 0 Å². The predicted octanol–water partition coefficient (Wildman–Crippen LogP) is 15.3. The van der Waals surface area contributed by atoms with Crippen LogP contribution in [0.25, 0.3) is 0 Å². The number of amides is 2. The zero-order valence-electron chi connectivity index (χ0n) is 57.3. The molecule has 0 radical (unpaired) electrons. The highest BCUT2D eigenvalue weighted by atomic mass is 32.2. The van der Waals surface area contributed by atoms with Crippen LogP contribution < -0.4 is 15.5 Å². The van der Waals surface area contributed by atoms with Crippen molar-refractivity contribution < 1.29 is 72.1 Å². The van der Waals surface area contributed by atoms with Gasteiger partial charge in [-0.15, -0.1) is 11.8 Å². The number of nitrogens with zero attached hydrogens (tertiary/aromatic N) is 2. The van der Waals surface area contributed by atoms with Crippen LogP contribution in [0.4, 0.5) is 11.4 Å². The van der Waals surface area contributed by atoms with Gasteiger partial charge in [-0.05, 0) is 103 Å². The van der Waals surface area contributed by atoms with E-state index in [-0.39, 0.29) is 76.6 Å². The number of anilines is 1. The molecule has 0 spiro atoms. The Hall–Kier alpha value is -6.88. The number of ether oxygens (including phenoxy) is 1. The van der Waals surface area contributed by atoms with Crippen LogP contribution in [0.3, 0.4) is 0 Å². The lowest BCUT2D eigenvalue weighted by Gasteiger charge is -2.32. The minimum Gasteiger partial charge on any atom is -0.378 e. The summed E-state index contributed by atoms with van der Waals surface area (Å²) < 4.78 is 130. The Bertz CT molecular complexity index is 4050. The van der Waals surface area contributed by atoms with Crippen molar-refractivity contribution in [3.8, 4) is 0 Å². The third-order valence-corrected chi connectivity index (χ3v) is 26.2. The highest BCUT2D eigenvalue weighted by Crippen LogP contribution is 2.72. The summed E-state index contributed by atoms with van der Waals surface area (Å²) in [6.07, 6.45) is 12.4. The second-order valence-corrected chi connectivity index (χ2v) is 35.1. The van der Waals surface area contributed by atoms with E-state index in [9.17, 15) is 35.5 Å². The Morgan fingerprint density at radius 1 is 0.590 bits per heavy atom. The van der Waals surface area contributed by atoms with Crippen molar-refractivity contribution in [2.45, 2.75) is 128 Å². The van der Waals surface area contributed by atoms with E-state index < -0.39 is 64.0 Å². The van der Waals surface area contributed by atoms with Gasteiger partial charge >= 0.3 is 15.2 Å². The predicted molar refractivity (Wildman–Crippen MR) is 396 cm³/mol. The molecular weight excluding hydrogens is 1370 g/mol. The van der Waals surface area contributed by atoms with Gasteiger partial charge < -0.3 is 38.4 Å². The Kier molecular flexibility index (Phi) is 28.1. The third-order valence-electron chi connectivity index (χ3n) is 17.9. The van der Waals surface area contributed by atoms with Gasteiger partial charge in [-0.25, -0.2) is 0 Å². The van der Waals surface area contributed by atoms with E-state index >= 15 is 9.13 Å². The van der Waals surface area contributed by atoms with Gasteiger partial charge in [0.05, 0.1) is 63.0 Å². The average molecular weight is 1460 g/mol. The van der Waals surface area contributed by atoms with Crippen LogP contribution in [-0.4, -0.2) is 110 Å². The Labute approximate surface area is 594 Å². The molecule has 24 heteroatoms. The molecule has 534 valence electrons. The number of carbonyl (C=O) groups is 2.